The van der Waals surface area contributed by atoms with E-state index < -0.39 is 0 Å². The predicted octanol–water partition coefficient (Wildman–Crippen LogP) is 4.27. The molecule has 0 fully saturated rings. The van der Waals surface area contributed by atoms with Gasteiger partial charge in [0.15, 0.2) is 0 Å². The zero-order valence-electron chi connectivity index (χ0n) is 13.4. The Bertz CT molecular complexity index is 567. The van der Waals surface area contributed by atoms with Gasteiger partial charge in [-0.05, 0) is 35.7 Å². The minimum Gasteiger partial charge on any atom is -0.486 e. The smallest absolute Gasteiger partial charge is 0.146 e. The third-order valence-corrected chi connectivity index (χ3v) is 3.37. The van der Waals surface area contributed by atoms with Crippen LogP contribution in [-0.4, -0.2) is 6.54 Å². The van der Waals surface area contributed by atoms with Crippen molar-refractivity contribution in [3.8, 4) is 5.75 Å². The fourth-order valence-corrected chi connectivity index (χ4v) is 2.07. The molecule has 0 aliphatic rings. The highest BCUT2D eigenvalue weighted by molar-refractivity contribution is 5.32. The summed E-state index contributed by atoms with van der Waals surface area (Å²) in [5.74, 6) is 1.73. The molecule has 0 saturated heterocycles. The summed E-state index contributed by atoms with van der Waals surface area (Å²) >= 11 is 0. The fourth-order valence-electron chi connectivity index (χ4n) is 2.07. The van der Waals surface area contributed by atoms with Gasteiger partial charge in [0, 0.05) is 12.1 Å². The van der Waals surface area contributed by atoms with E-state index in [9.17, 15) is 0 Å². The number of rotatable bonds is 6. The second-order valence-corrected chi connectivity index (χ2v) is 6.27. The quantitative estimate of drug-likeness (QED) is 0.861. The van der Waals surface area contributed by atoms with Crippen LogP contribution in [0.5, 0.6) is 5.75 Å². The highest BCUT2D eigenvalue weighted by atomic mass is 16.5. The van der Waals surface area contributed by atoms with Gasteiger partial charge < -0.3 is 14.5 Å². The van der Waals surface area contributed by atoms with Crippen LogP contribution in [0.2, 0.25) is 0 Å². The van der Waals surface area contributed by atoms with Crippen LogP contribution in [0.25, 0.3) is 0 Å². The number of hydrogen-bond acceptors (Lipinski definition) is 3. The summed E-state index contributed by atoms with van der Waals surface area (Å²) in [5, 5.41) is 3.27. The molecule has 0 bridgehead atoms. The van der Waals surface area contributed by atoms with Crippen molar-refractivity contribution in [1.82, 2.24) is 5.32 Å². The maximum absolute atomic E-state index is 5.83. The molecule has 1 aromatic heterocycles. The number of ether oxygens (including phenoxy) is 1. The molecule has 2 rings (SSSR count). The Morgan fingerprint density at radius 3 is 2.71 bits per heavy atom. The van der Waals surface area contributed by atoms with Gasteiger partial charge in [-0.15, -0.1) is 0 Å². The Kier molecular flexibility index (Phi) is 5.07. The van der Waals surface area contributed by atoms with Gasteiger partial charge in [-0.3, -0.25) is 0 Å². The average Bonchev–Trinajstić information content (AvgIpc) is 2.90. The summed E-state index contributed by atoms with van der Waals surface area (Å²) in [7, 11) is 0. The molecule has 1 N–H and O–H groups in total. The second-order valence-electron chi connectivity index (χ2n) is 6.27. The maximum atomic E-state index is 5.83. The minimum absolute atomic E-state index is 0.128. The highest BCUT2D eigenvalue weighted by Gasteiger charge is 2.14. The van der Waals surface area contributed by atoms with E-state index in [1.165, 1.54) is 5.56 Å². The van der Waals surface area contributed by atoms with Gasteiger partial charge in [0.2, 0.25) is 0 Å². The summed E-state index contributed by atoms with van der Waals surface area (Å²) in [6.07, 6.45) is 1.78. The zero-order valence-corrected chi connectivity index (χ0v) is 13.4. The number of hydrogen-bond donors (Lipinski definition) is 1. The molecule has 0 atom stereocenters. The first kappa shape index (κ1) is 15.6. The normalized spacial score (nSPS) is 11.6. The molecule has 21 heavy (non-hydrogen) atoms. The molecule has 3 heteroatoms. The Morgan fingerprint density at radius 2 is 2.00 bits per heavy atom. The topological polar surface area (TPSA) is 34.4 Å². The van der Waals surface area contributed by atoms with E-state index in [4.69, 9.17) is 9.15 Å². The first-order chi connectivity index (χ1) is 9.99. The average molecular weight is 287 g/mol. The van der Waals surface area contributed by atoms with Crippen molar-refractivity contribution in [3.63, 3.8) is 0 Å². The van der Waals surface area contributed by atoms with Gasteiger partial charge >= 0.3 is 0 Å². The van der Waals surface area contributed by atoms with E-state index in [1.54, 1.807) is 6.26 Å². The van der Waals surface area contributed by atoms with Gasteiger partial charge in [0.1, 0.15) is 18.1 Å². The van der Waals surface area contributed by atoms with E-state index in [0.717, 1.165) is 30.2 Å². The minimum atomic E-state index is 0.128. The number of benzene rings is 1. The van der Waals surface area contributed by atoms with E-state index in [1.807, 2.05) is 18.2 Å². The summed E-state index contributed by atoms with van der Waals surface area (Å²) < 4.78 is 11.3. The van der Waals surface area contributed by atoms with Gasteiger partial charge in [-0.1, -0.05) is 39.8 Å². The Hall–Kier alpha value is -1.74. The lowest BCUT2D eigenvalue weighted by molar-refractivity contribution is 0.269. The van der Waals surface area contributed by atoms with Gasteiger partial charge in [-0.25, -0.2) is 0 Å². The molecule has 0 unspecified atom stereocenters. The fraction of sp³-hybridized carbons (Fsp3) is 0.444. The van der Waals surface area contributed by atoms with E-state index >= 15 is 0 Å². The second kappa shape index (κ2) is 6.81. The van der Waals surface area contributed by atoms with Crippen molar-refractivity contribution < 1.29 is 9.15 Å². The van der Waals surface area contributed by atoms with Gasteiger partial charge in [-0.2, -0.15) is 0 Å². The number of furan rings is 1. The van der Waals surface area contributed by atoms with Crippen LogP contribution in [0, 0.1) is 0 Å². The zero-order chi connectivity index (χ0) is 15.3. The Morgan fingerprint density at radius 1 is 1.19 bits per heavy atom. The molecule has 0 aliphatic heterocycles. The molecule has 0 amide bonds. The van der Waals surface area contributed by atoms with Gasteiger partial charge in [0.25, 0.3) is 0 Å². The lowest BCUT2D eigenvalue weighted by atomic mass is 9.87. The molecule has 0 radical (unpaired) electrons. The van der Waals surface area contributed by atoms with Crippen molar-refractivity contribution in [3.05, 3.63) is 53.5 Å². The van der Waals surface area contributed by atoms with E-state index in [2.05, 4.69) is 45.1 Å². The monoisotopic (exact) mass is 287 g/mol. The maximum Gasteiger partial charge on any atom is 0.146 e. The third kappa shape index (κ3) is 4.64. The van der Waals surface area contributed by atoms with Crippen LogP contribution in [0.3, 0.4) is 0 Å². The first-order valence-corrected chi connectivity index (χ1v) is 7.49. The standard InChI is InChI=1S/C18H25NO2/c1-5-19-11-14-9-17(20-12-14)13-21-16-8-6-7-15(10-16)18(2,3)4/h6-10,12,19H,5,11,13H2,1-4H3. The van der Waals surface area contributed by atoms with Crippen molar-refractivity contribution in [2.24, 2.45) is 0 Å². The Labute approximate surface area is 127 Å². The van der Waals surface area contributed by atoms with Crippen molar-refractivity contribution in [2.45, 2.75) is 46.3 Å². The molecular formula is C18H25NO2. The van der Waals surface area contributed by atoms with Gasteiger partial charge in [0.05, 0.1) is 6.26 Å². The lowest BCUT2D eigenvalue weighted by Crippen LogP contribution is -2.11. The summed E-state index contributed by atoms with van der Waals surface area (Å²) in [5.41, 5.74) is 2.55. The molecule has 0 aliphatic carbocycles. The lowest BCUT2D eigenvalue weighted by Gasteiger charge is -2.19. The van der Waals surface area contributed by atoms with Crippen LogP contribution in [0.1, 0.15) is 44.6 Å². The Balaban J connectivity index is 1.95. The van der Waals surface area contributed by atoms with Crippen molar-refractivity contribution in [1.29, 1.82) is 0 Å². The van der Waals surface area contributed by atoms with Crippen LogP contribution in [0.4, 0.5) is 0 Å². The summed E-state index contributed by atoms with van der Waals surface area (Å²) in [6.45, 7) is 10.9. The van der Waals surface area contributed by atoms with Crippen LogP contribution >= 0.6 is 0 Å². The van der Waals surface area contributed by atoms with Crippen LogP contribution in [-0.2, 0) is 18.6 Å². The summed E-state index contributed by atoms with van der Waals surface area (Å²) in [6, 6.07) is 10.3. The predicted molar refractivity (Wildman–Crippen MR) is 85.6 cm³/mol. The molecule has 114 valence electrons. The number of nitrogens with one attached hydrogen (secondary N) is 1. The molecule has 2 aromatic rings. The molecule has 1 aromatic carbocycles. The molecule has 0 saturated carbocycles. The van der Waals surface area contributed by atoms with E-state index in [0.29, 0.717) is 6.61 Å². The largest absolute Gasteiger partial charge is 0.486 e. The molecule has 3 nitrogen and oxygen atoms in total. The molecule has 1 heterocycles. The molecule has 0 spiro atoms. The summed E-state index contributed by atoms with van der Waals surface area (Å²) in [4.78, 5) is 0. The van der Waals surface area contributed by atoms with Crippen molar-refractivity contribution >= 4 is 0 Å². The van der Waals surface area contributed by atoms with Crippen LogP contribution < -0.4 is 10.1 Å². The van der Waals surface area contributed by atoms with E-state index in [-0.39, 0.29) is 5.41 Å². The first-order valence-electron chi connectivity index (χ1n) is 7.49. The third-order valence-electron chi connectivity index (χ3n) is 3.37. The molecular weight excluding hydrogens is 262 g/mol. The van der Waals surface area contributed by atoms with Crippen LogP contribution in [0.15, 0.2) is 41.0 Å². The van der Waals surface area contributed by atoms with Crippen molar-refractivity contribution in [2.75, 3.05) is 6.54 Å². The SMILES string of the molecule is CCNCc1coc(COc2cccc(C(C)(C)C)c2)c1. The highest BCUT2D eigenvalue weighted by Crippen LogP contribution is 2.26.